The predicted molar refractivity (Wildman–Crippen MR) is 106 cm³/mol. The fourth-order valence-electron chi connectivity index (χ4n) is 2.66. The lowest BCUT2D eigenvalue weighted by Gasteiger charge is -2.13. The van der Waals surface area contributed by atoms with Crippen LogP contribution in [0.1, 0.15) is 15.9 Å². The molecule has 0 saturated heterocycles. The molecule has 0 bridgehead atoms. The zero-order valence-corrected chi connectivity index (χ0v) is 16.3. The summed E-state index contributed by atoms with van der Waals surface area (Å²) in [6, 6.07) is 10.1. The summed E-state index contributed by atoms with van der Waals surface area (Å²) >= 11 is 5.93. The van der Waals surface area contributed by atoms with Crippen LogP contribution in [-0.4, -0.2) is 41.9 Å². The number of carbonyl (C=O) groups excluding carboxylic acids is 1. The Balaban J connectivity index is 2.12. The van der Waals surface area contributed by atoms with Gasteiger partial charge in [-0.3, -0.25) is 4.79 Å². The molecular weight excluding hydrogens is 382 g/mol. The van der Waals surface area contributed by atoms with Gasteiger partial charge in [-0.1, -0.05) is 11.6 Å². The van der Waals surface area contributed by atoms with Gasteiger partial charge in [0.25, 0.3) is 0 Å². The minimum atomic E-state index is -0.240. The Morgan fingerprint density at radius 1 is 1.04 bits per heavy atom. The van der Waals surface area contributed by atoms with Gasteiger partial charge in [-0.2, -0.15) is 5.10 Å². The first-order valence-corrected chi connectivity index (χ1v) is 8.62. The van der Waals surface area contributed by atoms with E-state index in [1.54, 1.807) is 42.5 Å². The maximum atomic E-state index is 13.1. The standard InChI is InChI=1S/C20H18ClN3O4/c1-26-17-9-13(10-18(27-2)20(17)28-3)8-16(24-12-22-11-23-24)19(25)14-4-6-15(21)7-5-14/h4-12H,1-3H3/b16-8-. The van der Waals surface area contributed by atoms with E-state index < -0.39 is 0 Å². The average Bonchev–Trinajstić information content (AvgIpc) is 3.25. The molecule has 8 heteroatoms. The van der Waals surface area contributed by atoms with Crippen LogP contribution in [-0.2, 0) is 0 Å². The van der Waals surface area contributed by atoms with Gasteiger partial charge in [0.1, 0.15) is 18.4 Å². The molecular formula is C20H18ClN3O4. The fraction of sp³-hybridized carbons (Fsp3) is 0.150. The molecule has 144 valence electrons. The molecule has 0 unspecified atom stereocenters. The number of nitrogens with zero attached hydrogens (tertiary/aromatic N) is 3. The van der Waals surface area contributed by atoms with E-state index in [1.807, 2.05) is 0 Å². The van der Waals surface area contributed by atoms with Gasteiger partial charge in [-0.15, -0.1) is 0 Å². The third-order valence-electron chi connectivity index (χ3n) is 4.00. The van der Waals surface area contributed by atoms with Gasteiger partial charge in [0.05, 0.1) is 21.3 Å². The Kier molecular flexibility index (Phi) is 5.96. The van der Waals surface area contributed by atoms with Crippen molar-refractivity contribution in [3.8, 4) is 17.2 Å². The van der Waals surface area contributed by atoms with E-state index in [-0.39, 0.29) is 5.78 Å². The number of rotatable bonds is 7. The fourth-order valence-corrected chi connectivity index (χ4v) is 2.79. The molecule has 1 aromatic heterocycles. The lowest BCUT2D eigenvalue weighted by Crippen LogP contribution is -2.10. The second-order valence-corrected chi connectivity index (χ2v) is 6.10. The monoisotopic (exact) mass is 399 g/mol. The number of allylic oxidation sites excluding steroid dienone is 1. The van der Waals surface area contributed by atoms with Crippen LogP contribution in [0.3, 0.4) is 0 Å². The molecule has 0 saturated carbocycles. The first-order valence-electron chi connectivity index (χ1n) is 8.24. The molecule has 0 aliphatic heterocycles. The van der Waals surface area contributed by atoms with Crippen LogP contribution < -0.4 is 14.2 Å². The highest BCUT2D eigenvalue weighted by Crippen LogP contribution is 2.39. The first kappa shape index (κ1) is 19.4. The number of ketones is 1. The van der Waals surface area contributed by atoms with Gasteiger partial charge in [-0.25, -0.2) is 9.67 Å². The Hall–Kier alpha value is -3.32. The van der Waals surface area contributed by atoms with Crippen molar-refractivity contribution in [1.29, 1.82) is 0 Å². The summed E-state index contributed by atoms with van der Waals surface area (Å²) in [7, 11) is 4.59. The lowest BCUT2D eigenvalue weighted by atomic mass is 10.1. The van der Waals surface area contributed by atoms with E-state index in [1.165, 1.54) is 38.7 Å². The van der Waals surface area contributed by atoms with Crippen LogP contribution in [0.25, 0.3) is 11.8 Å². The SMILES string of the molecule is COc1cc(/C=C(/C(=O)c2ccc(Cl)cc2)n2cncn2)cc(OC)c1OC. The van der Waals surface area contributed by atoms with E-state index in [9.17, 15) is 4.79 Å². The molecule has 3 aromatic rings. The maximum Gasteiger partial charge on any atom is 0.211 e. The zero-order valence-electron chi connectivity index (χ0n) is 15.5. The molecule has 7 nitrogen and oxygen atoms in total. The van der Waals surface area contributed by atoms with Crippen molar-refractivity contribution in [3.63, 3.8) is 0 Å². The van der Waals surface area contributed by atoms with Gasteiger partial charge in [0, 0.05) is 10.6 Å². The molecule has 1 heterocycles. The summed E-state index contributed by atoms with van der Waals surface area (Å²) in [4.78, 5) is 17.0. The Morgan fingerprint density at radius 2 is 1.68 bits per heavy atom. The third kappa shape index (κ3) is 3.99. The number of hydrogen-bond donors (Lipinski definition) is 0. The molecule has 0 radical (unpaired) electrons. The minimum Gasteiger partial charge on any atom is -0.493 e. The summed E-state index contributed by atoms with van der Waals surface area (Å²) in [6.07, 6.45) is 4.49. The summed E-state index contributed by atoms with van der Waals surface area (Å²) in [6.45, 7) is 0. The quantitative estimate of drug-likeness (QED) is 0.444. The highest BCUT2D eigenvalue weighted by Gasteiger charge is 2.18. The lowest BCUT2D eigenvalue weighted by molar-refractivity contribution is 0.105. The van der Waals surface area contributed by atoms with Crippen molar-refractivity contribution in [2.75, 3.05) is 21.3 Å². The molecule has 0 fully saturated rings. The molecule has 0 aliphatic rings. The molecule has 0 N–H and O–H groups in total. The van der Waals surface area contributed by atoms with Crippen LogP contribution >= 0.6 is 11.6 Å². The minimum absolute atomic E-state index is 0.240. The Bertz CT molecular complexity index is 974. The van der Waals surface area contributed by atoms with Gasteiger partial charge in [0.2, 0.25) is 11.5 Å². The smallest absolute Gasteiger partial charge is 0.211 e. The summed E-state index contributed by atoms with van der Waals surface area (Å²) < 4.78 is 17.5. The van der Waals surface area contributed by atoms with Crippen molar-refractivity contribution in [3.05, 3.63) is 65.2 Å². The highest BCUT2D eigenvalue weighted by atomic mass is 35.5. The molecule has 0 atom stereocenters. The van der Waals surface area contributed by atoms with Crippen molar-refractivity contribution >= 4 is 29.2 Å². The van der Waals surface area contributed by atoms with Gasteiger partial charge in [0.15, 0.2) is 11.5 Å². The summed E-state index contributed by atoms with van der Waals surface area (Å²) in [5.74, 6) is 1.18. The molecule has 28 heavy (non-hydrogen) atoms. The number of Topliss-reactive ketones (excluding diaryl/α,β-unsaturated/α-hetero) is 1. The second kappa shape index (κ2) is 8.58. The number of hydrogen-bond acceptors (Lipinski definition) is 6. The number of carbonyl (C=O) groups is 1. The Morgan fingerprint density at radius 3 is 2.18 bits per heavy atom. The zero-order chi connectivity index (χ0) is 20.1. The largest absolute Gasteiger partial charge is 0.493 e. The topological polar surface area (TPSA) is 75.5 Å². The number of halogens is 1. The van der Waals surface area contributed by atoms with Crippen LogP contribution in [0.15, 0.2) is 49.1 Å². The molecule has 0 aliphatic carbocycles. The van der Waals surface area contributed by atoms with Crippen molar-refractivity contribution < 1.29 is 19.0 Å². The van der Waals surface area contributed by atoms with Gasteiger partial charge < -0.3 is 14.2 Å². The van der Waals surface area contributed by atoms with Crippen LogP contribution in [0, 0.1) is 0 Å². The van der Waals surface area contributed by atoms with Gasteiger partial charge in [-0.05, 0) is 48.0 Å². The molecule has 3 rings (SSSR count). The van der Waals surface area contributed by atoms with E-state index in [2.05, 4.69) is 10.1 Å². The maximum absolute atomic E-state index is 13.1. The predicted octanol–water partition coefficient (Wildman–Crippen LogP) is 3.84. The van der Waals surface area contributed by atoms with E-state index >= 15 is 0 Å². The molecule has 0 spiro atoms. The highest BCUT2D eigenvalue weighted by molar-refractivity contribution is 6.31. The number of aromatic nitrogens is 3. The normalized spacial score (nSPS) is 11.2. The first-order chi connectivity index (χ1) is 13.6. The van der Waals surface area contributed by atoms with Crippen LogP contribution in [0.5, 0.6) is 17.2 Å². The summed E-state index contributed by atoms with van der Waals surface area (Å²) in [5.41, 5.74) is 1.44. The van der Waals surface area contributed by atoms with Crippen molar-refractivity contribution in [2.45, 2.75) is 0 Å². The second-order valence-electron chi connectivity index (χ2n) is 5.66. The van der Waals surface area contributed by atoms with E-state index in [0.29, 0.717) is 39.1 Å². The third-order valence-corrected chi connectivity index (χ3v) is 4.25. The van der Waals surface area contributed by atoms with E-state index in [0.717, 1.165) is 0 Å². The van der Waals surface area contributed by atoms with Crippen LogP contribution in [0.4, 0.5) is 0 Å². The van der Waals surface area contributed by atoms with Crippen LogP contribution in [0.2, 0.25) is 5.02 Å². The molecule has 2 aromatic carbocycles. The van der Waals surface area contributed by atoms with E-state index in [4.69, 9.17) is 25.8 Å². The average molecular weight is 400 g/mol. The Labute approximate surface area is 167 Å². The van der Waals surface area contributed by atoms with Crippen molar-refractivity contribution in [1.82, 2.24) is 14.8 Å². The van der Waals surface area contributed by atoms with Gasteiger partial charge >= 0.3 is 0 Å². The number of benzene rings is 2. The molecule has 0 amide bonds. The summed E-state index contributed by atoms with van der Waals surface area (Å²) in [5, 5.41) is 4.65. The number of ether oxygens (including phenoxy) is 3. The number of methoxy groups -OCH3 is 3. The van der Waals surface area contributed by atoms with Crippen molar-refractivity contribution in [2.24, 2.45) is 0 Å².